The second-order valence-corrected chi connectivity index (χ2v) is 5.28. The molecule has 0 aliphatic heterocycles. The Morgan fingerprint density at radius 3 is 2.81 bits per heavy atom. The van der Waals surface area contributed by atoms with Crippen LogP contribution >= 0.6 is 11.8 Å². The SMILES string of the molecule is CSc1c(C(N)=O)c2c(N)ncnc2n1C[C@@H](O)CCO. The van der Waals surface area contributed by atoms with Gasteiger partial charge < -0.3 is 26.2 Å². The third-order valence-electron chi connectivity index (χ3n) is 3.12. The number of carbonyl (C=O) groups is 1. The molecule has 0 saturated heterocycles. The zero-order valence-electron chi connectivity index (χ0n) is 11.5. The largest absolute Gasteiger partial charge is 0.396 e. The Bertz CT molecular complexity index is 672. The highest BCUT2D eigenvalue weighted by molar-refractivity contribution is 7.98. The lowest BCUT2D eigenvalue weighted by atomic mass is 10.2. The van der Waals surface area contributed by atoms with E-state index in [0.717, 1.165) is 0 Å². The smallest absolute Gasteiger partial charge is 0.252 e. The molecule has 0 aliphatic rings. The lowest BCUT2D eigenvalue weighted by molar-refractivity contribution is 0.0993. The maximum atomic E-state index is 11.8. The van der Waals surface area contributed by atoms with Crippen molar-refractivity contribution in [2.75, 3.05) is 18.6 Å². The summed E-state index contributed by atoms with van der Waals surface area (Å²) in [5.74, 6) is -0.458. The molecular weight excluding hydrogens is 294 g/mol. The highest BCUT2D eigenvalue weighted by atomic mass is 32.2. The predicted octanol–water partition coefficient (Wildman–Crippen LogP) is -0.422. The number of hydrogen-bond donors (Lipinski definition) is 4. The molecule has 0 fully saturated rings. The van der Waals surface area contributed by atoms with Crippen LogP contribution < -0.4 is 11.5 Å². The van der Waals surface area contributed by atoms with Gasteiger partial charge in [-0.1, -0.05) is 0 Å². The second-order valence-electron chi connectivity index (χ2n) is 4.48. The summed E-state index contributed by atoms with van der Waals surface area (Å²) in [7, 11) is 0. The summed E-state index contributed by atoms with van der Waals surface area (Å²) in [6.07, 6.45) is 2.54. The van der Waals surface area contributed by atoms with Gasteiger partial charge >= 0.3 is 0 Å². The molecule has 8 nitrogen and oxygen atoms in total. The van der Waals surface area contributed by atoms with Crippen LogP contribution in [0.4, 0.5) is 5.82 Å². The minimum absolute atomic E-state index is 0.130. The summed E-state index contributed by atoms with van der Waals surface area (Å²) in [5, 5.41) is 19.8. The van der Waals surface area contributed by atoms with Gasteiger partial charge in [-0.15, -0.1) is 11.8 Å². The number of thioether (sulfide) groups is 1. The van der Waals surface area contributed by atoms with Crippen molar-refractivity contribution in [1.29, 1.82) is 0 Å². The zero-order chi connectivity index (χ0) is 15.6. The summed E-state index contributed by atoms with van der Waals surface area (Å²) in [6, 6.07) is 0. The maximum absolute atomic E-state index is 11.8. The Kier molecular flexibility index (Phi) is 4.66. The summed E-state index contributed by atoms with van der Waals surface area (Å²) in [6.45, 7) is 0.0474. The number of hydrogen-bond acceptors (Lipinski definition) is 7. The third-order valence-corrected chi connectivity index (χ3v) is 3.93. The topological polar surface area (TPSA) is 140 Å². The van der Waals surface area contributed by atoms with E-state index in [1.165, 1.54) is 18.1 Å². The van der Waals surface area contributed by atoms with Gasteiger partial charge in [-0.05, 0) is 12.7 Å². The molecule has 2 aromatic heterocycles. The number of aromatic nitrogens is 3. The number of nitrogens with two attached hydrogens (primary N) is 2. The van der Waals surface area contributed by atoms with Gasteiger partial charge in [0.2, 0.25) is 0 Å². The van der Waals surface area contributed by atoms with E-state index in [0.29, 0.717) is 16.1 Å². The molecule has 0 radical (unpaired) electrons. The predicted molar refractivity (Wildman–Crippen MR) is 79.9 cm³/mol. The fourth-order valence-electron chi connectivity index (χ4n) is 2.23. The maximum Gasteiger partial charge on any atom is 0.252 e. The third kappa shape index (κ3) is 2.80. The molecule has 1 atom stereocenters. The Labute approximate surface area is 125 Å². The number of carbonyl (C=O) groups excluding carboxylic acids is 1. The van der Waals surface area contributed by atoms with Gasteiger partial charge in [0.05, 0.1) is 28.6 Å². The van der Waals surface area contributed by atoms with E-state index >= 15 is 0 Å². The van der Waals surface area contributed by atoms with E-state index < -0.39 is 12.0 Å². The second kappa shape index (κ2) is 6.29. The van der Waals surface area contributed by atoms with E-state index in [4.69, 9.17) is 16.6 Å². The van der Waals surface area contributed by atoms with E-state index in [1.807, 2.05) is 0 Å². The average molecular weight is 311 g/mol. The number of primary amides is 1. The Hall–Kier alpha value is -1.84. The van der Waals surface area contributed by atoms with Crippen molar-refractivity contribution >= 4 is 34.5 Å². The van der Waals surface area contributed by atoms with E-state index in [-0.39, 0.29) is 31.0 Å². The molecule has 6 N–H and O–H groups in total. The molecule has 2 rings (SSSR count). The Balaban J connectivity index is 2.68. The molecule has 0 unspecified atom stereocenters. The number of anilines is 1. The van der Waals surface area contributed by atoms with E-state index in [9.17, 15) is 9.90 Å². The molecule has 0 bridgehead atoms. The average Bonchev–Trinajstić information content (AvgIpc) is 2.74. The first-order chi connectivity index (χ1) is 10.0. The molecule has 0 aliphatic carbocycles. The molecular formula is C12H17N5O3S. The van der Waals surface area contributed by atoms with Crippen LogP contribution in [0.5, 0.6) is 0 Å². The van der Waals surface area contributed by atoms with Crippen LogP contribution in [0.25, 0.3) is 11.0 Å². The van der Waals surface area contributed by atoms with Gasteiger partial charge in [0.1, 0.15) is 17.8 Å². The van der Waals surface area contributed by atoms with Gasteiger partial charge in [0, 0.05) is 6.61 Å². The van der Waals surface area contributed by atoms with Crippen LogP contribution in [0.3, 0.4) is 0 Å². The molecule has 1 amide bonds. The van der Waals surface area contributed by atoms with Crippen molar-refractivity contribution in [2.24, 2.45) is 5.73 Å². The number of nitrogen functional groups attached to an aromatic ring is 1. The first kappa shape index (κ1) is 15.5. The minimum Gasteiger partial charge on any atom is -0.396 e. The fourth-order valence-corrected chi connectivity index (χ4v) is 3.02. The van der Waals surface area contributed by atoms with Gasteiger partial charge in [-0.2, -0.15) is 0 Å². The van der Waals surface area contributed by atoms with Crippen LogP contribution in [0, 0.1) is 0 Å². The molecule has 0 aromatic carbocycles. The first-order valence-electron chi connectivity index (χ1n) is 6.26. The van der Waals surface area contributed by atoms with Gasteiger partial charge in [-0.25, -0.2) is 9.97 Å². The molecule has 9 heteroatoms. The van der Waals surface area contributed by atoms with Crippen LogP contribution in [-0.2, 0) is 6.54 Å². The molecule has 114 valence electrons. The molecule has 2 heterocycles. The van der Waals surface area contributed by atoms with Crippen molar-refractivity contribution in [3.05, 3.63) is 11.9 Å². The monoisotopic (exact) mass is 311 g/mol. The summed E-state index contributed by atoms with van der Waals surface area (Å²) >= 11 is 1.31. The number of fused-ring (bicyclic) bond motifs is 1. The quantitative estimate of drug-likeness (QED) is 0.531. The van der Waals surface area contributed by atoms with Crippen LogP contribution in [0.1, 0.15) is 16.8 Å². The Morgan fingerprint density at radius 2 is 2.24 bits per heavy atom. The lowest BCUT2D eigenvalue weighted by Gasteiger charge is -2.13. The van der Waals surface area contributed by atoms with Crippen molar-refractivity contribution in [1.82, 2.24) is 14.5 Å². The van der Waals surface area contributed by atoms with Crippen LogP contribution in [0.2, 0.25) is 0 Å². The molecule has 0 saturated carbocycles. The van der Waals surface area contributed by atoms with Crippen molar-refractivity contribution in [3.63, 3.8) is 0 Å². The van der Waals surface area contributed by atoms with Crippen molar-refractivity contribution in [2.45, 2.75) is 24.1 Å². The van der Waals surface area contributed by atoms with Crippen LogP contribution in [0.15, 0.2) is 11.4 Å². The highest BCUT2D eigenvalue weighted by Gasteiger charge is 2.24. The lowest BCUT2D eigenvalue weighted by Crippen LogP contribution is -2.19. The fraction of sp³-hybridized carbons (Fsp3) is 0.417. The molecule has 21 heavy (non-hydrogen) atoms. The minimum atomic E-state index is -0.770. The number of aliphatic hydroxyl groups is 2. The van der Waals surface area contributed by atoms with E-state index in [2.05, 4.69) is 9.97 Å². The number of nitrogens with zero attached hydrogens (tertiary/aromatic N) is 3. The van der Waals surface area contributed by atoms with E-state index in [1.54, 1.807) is 10.8 Å². The number of amides is 1. The summed E-state index contributed by atoms with van der Waals surface area (Å²) in [5.41, 5.74) is 12.0. The van der Waals surface area contributed by atoms with Gasteiger partial charge in [-0.3, -0.25) is 4.79 Å². The zero-order valence-corrected chi connectivity index (χ0v) is 12.3. The highest BCUT2D eigenvalue weighted by Crippen LogP contribution is 2.33. The van der Waals surface area contributed by atoms with Crippen LogP contribution in [-0.4, -0.2) is 49.6 Å². The van der Waals surface area contributed by atoms with Crippen molar-refractivity contribution < 1.29 is 15.0 Å². The number of aliphatic hydroxyl groups excluding tert-OH is 2. The summed E-state index contributed by atoms with van der Waals surface area (Å²) in [4.78, 5) is 19.8. The standard InChI is InChI=1S/C12H17N5O3S/c1-21-12-8(10(14)20)7-9(13)15-5-16-11(7)17(12)4-6(19)2-3-18/h5-6,18-19H,2-4H2,1H3,(H2,14,20)(H2,13,15,16)/t6-/m0/s1. The first-order valence-corrected chi connectivity index (χ1v) is 7.49. The van der Waals surface area contributed by atoms with Crippen molar-refractivity contribution in [3.8, 4) is 0 Å². The summed E-state index contributed by atoms with van der Waals surface area (Å²) < 4.78 is 1.68. The van der Waals surface area contributed by atoms with Gasteiger partial charge in [0.15, 0.2) is 0 Å². The molecule has 2 aromatic rings. The molecule has 0 spiro atoms. The van der Waals surface area contributed by atoms with Gasteiger partial charge in [0.25, 0.3) is 5.91 Å². The normalized spacial score (nSPS) is 12.7. The number of rotatable bonds is 6. The Morgan fingerprint density at radius 1 is 1.52 bits per heavy atom.